The average molecular weight is 587 g/mol. The number of hydrogen-bond acceptors (Lipinski definition) is 9. The molecule has 0 bridgehead atoms. The van der Waals surface area contributed by atoms with Crippen molar-refractivity contribution in [2.45, 2.75) is 46.1 Å². The number of urea groups is 1. The number of aliphatic imine (C=N–C) groups is 1. The summed E-state index contributed by atoms with van der Waals surface area (Å²) in [5.41, 5.74) is 4.39. The molecule has 0 unspecified atom stereocenters. The van der Waals surface area contributed by atoms with Crippen LogP contribution in [0.15, 0.2) is 47.5 Å². The second-order valence-corrected chi connectivity index (χ2v) is 9.83. The van der Waals surface area contributed by atoms with E-state index in [0.29, 0.717) is 29.6 Å². The zero-order valence-electron chi connectivity index (χ0n) is 23.6. The van der Waals surface area contributed by atoms with E-state index in [0.717, 1.165) is 29.4 Å². The van der Waals surface area contributed by atoms with E-state index in [2.05, 4.69) is 20.5 Å². The van der Waals surface area contributed by atoms with Gasteiger partial charge in [0, 0.05) is 11.9 Å². The molecule has 2 aromatic carbocycles. The number of imide groups is 1. The first kappa shape index (κ1) is 31.6. The number of carbonyl (C=O) groups excluding carboxylic acids is 4. The molecule has 12 heteroatoms. The van der Waals surface area contributed by atoms with Crippen molar-refractivity contribution in [3.05, 3.63) is 64.2 Å². The summed E-state index contributed by atoms with van der Waals surface area (Å²) < 4.78 is 10.1. The second kappa shape index (κ2) is 15.2. The van der Waals surface area contributed by atoms with Gasteiger partial charge in [0.05, 0.1) is 44.3 Å². The number of nitrogens with one attached hydrogen (secondary N) is 2. The first-order valence-corrected chi connectivity index (χ1v) is 13.7. The number of carbonyl (C=O) groups is 4. The number of esters is 2. The summed E-state index contributed by atoms with van der Waals surface area (Å²) >= 11 is 6.20. The Morgan fingerprint density at radius 3 is 2.51 bits per heavy atom. The van der Waals surface area contributed by atoms with Crippen LogP contribution in [0.4, 0.5) is 4.79 Å². The van der Waals surface area contributed by atoms with E-state index in [1.165, 1.54) is 19.2 Å². The van der Waals surface area contributed by atoms with Gasteiger partial charge in [0.25, 0.3) is 0 Å². The molecule has 0 spiro atoms. The topological polar surface area (TPSA) is 136 Å². The molecule has 0 aromatic heterocycles. The summed E-state index contributed by atoms with van der Waals surface area (Å²) in [6, 6.07) is 10.5. The summed E-state index contributed by atoms with van der Waals surface area (Å²) in [6.07, 6.45) is 1.57. The van der Waals surface area contributed by atoms with E-state index >= 15 is 0 Å². The number of benzene rings is 2. The third kappa shape index (κ3) is 8.76. The zero-order valence-corrected chi connectivity index (χ0v) is 24.3. The number of nitrogens with zero attached hydrogens (tertiary/aromatic N) is 2. The molecule has 0 aliphatic carbocycles. The number of amidine groups is 1. The summed E-state index contributed by atoms with van der Waals surface area (Å²) in [5, 5.41) is 3.46. The van der Waals surface area contributed by atoms with Gasteiger partial charge in [-0.2, -0.15) is 0 Å². The lowest BCUT2D eigenvalue weighted by atomic mass is 9.97. The Morgan fingerprint density at radius 1 is 1.15 bits per heavy atom. The molecule has 2 N–H and O–H groups in total. The second-order valence-electron chi connectivity index (χ2n) is 9.40. The molecule has 2 atom stereocenters. The van der Waals surface area contributed by atoms with Gasteiger partial charge in [-0.1, -0.05) is 37.1 Å². The van der Waals surface area contributed by atoms with Crippen LogP contribution in [0.3, 0.4) is 0 Å². The highest BCUT2D eigenvalue weighted by Crippen LogP contribution is 2.27. The van der Waals surface area contributed by atoms with Gasteiger partial charge in [-0.3, -0.25) is 29.8 Å². The summed E-state index contributed by atoms with van der Waals surface area (Å²) in [6.45, 7) is 5.30. The Hall–Kier alpha value is -3.96. The molecular weight excluding hydrogens is 552 g/mol. The quantitative estimate of drug-likeness (QED) is 0.240. The monoisotopic (exact) mass is 586 g/mol. The minimum atomic E-state index is -0.758. The maximum atomic E-state index is 13.7. The normalized spacial score (nSPS) is 15.8. The molecule has 0 radical (unpaired) electrons. The molecule has 220 valence electrons. The number of rotatable bonds is 10. The van der Waals surface area contributed by atoms with Crippen molar-refractivity contribution in [3.63, 3.8) is 0 Å². The third-order valence-corrected chi connectivity index (χ3v) is 6.61. The molecule has 3 amide bonds. The molecule has 11 nitrogen and oxygen atoms in total. The van der Waals surface area contributed by atoms with Crippen molar-refractivity contribution in [3.8, 4) is 5.75 Å². The van der Waals surface area contributed by atoms with Crippen molar-refractivity contribution in [1.82, 2.24) is 15.7 Å². The molecule has 2 aromatic rings. The van der Waals surface area contributed by atoms with Crippen molar-refractivity contribution >= 4 is 41.3 Å². The fraction of sp³-hybridized carbons (Fsp3) is 0.414. The van der Waals surface area contributed by atoms with Gasteiger partial charge < -0.3 is 14.8 Å². The molecule has 41 heavy (non-hydrogen) atoms. The maximum Gasteiger partial charge on any atom is 0.345 e. The van der Waals surface area contributed by atoms with Gasteiger partial charge in [0.2, 0.25) is 5.91 Å². The van der Waals surface area contributed by atoms with Gasteiger partial charge in [0.1, 0.15) is 11.6 Å². The highest BCUT2D eigenvalue weighted by Gasteiger charge is 2.34. The number of amides is 3. The number of halogens is 1. The number of hydrogen-bond donors (Lipinski definition) is 2. The molecule has 0 fully saturated rings. The standard InChI is InChI=1S/C29H35ClN4O7/c1-5-7-24(19-8-10-20(11-9-19)28(37)41-18(3)35)32-29(38)34-17-26(33-40-6-2)31-16-22(27(34)36)14-21-15-23(30)12-13-25(21)39-4/h8-13,15,22,24H,5-7,14,16-17H2,1-4H3,(H,31,33)(H,32,38)/t22-,24+/m0/s1. The molecule has 1 heterocycles. The first-order chi connectivity index (χ1) is 19.7. The van der Waals surface area contributed by atoms with Crippen LogP contribution in [-0.4, -0.2) is 61.4 Å². The van der Waals surface area contributed by atoms with E-state index in [1.807, 2.05) is 6.92 Å². The average Bonchev–Trinajstić information content (AvgIpc) is 3.10. The van der Waals surface area contributed by atoms with Gasteiger partial charge in [-0.15, -0.1) is 0 Å². The highest BCUT2D eigenvalue weighted by molar-refractivity contribution is 6.30. The predicted octanol–water partition coefficient (Wildman–Crippen LogP) is 4.24. The number of ether oxygens (including phenoxy) is 2. The Bertz CT molecular complexity index is 1280. The number of hydroxylamine groups is 1. The van der Waals surface area contributed by atoms with Gasteiger partial charge in [0.15, 0.2) is 0 Å². The molecule has 1 aliphatic heterocycles. The van der Waals surface area contributed by atoms with Crippen LogP contribution in [0.2, 0.25) is 5.02 Å². The third-order valence-electron chi connectivity index (χ3n) is 6.37. The van der Waals surface area contributed by atoms with Crippen LogP contribution in [0.1, 0.15) is 61.1 Å². The van der Waals surface area contributed by atoms with Crippen molar-refractivity contribution in [1.29, 1.82) is 0 Å². The molecule has 0 saturated carbocycles. The van der Waals surface area contributed by atoms with Crippen LogP contribution in [0, 0.1) is 5.92 Å². The Morgan fingerprint density at radius 2 is 1.88 bits per heavy atom. The minimum absolute atomic E-state index is 0.109. The summed E-state index contributed by atoms with van der Waals surface area (Å²) in [5.74, 6) is -1.60. The number of methoxy groups -OCH3 is 1. The summed E-state index contributed by atoms with van der Waals surface area (Å²) in [7, 11) is 1.54. The van der Waals surface area contributed by atoms with Crippen LogP contribution < -0.4 is 15.5 Å². The van der Waals surface area contributed by atoms with E-state index in [1.54, 1.807) is 37.3 Å². The lowest BCUT2D eigenvalue weighted by molar-refractivity contribution is -0.135. The molecular formula is C29H35ClN4O7. The van der Waals surface area contributed by atoms with Gasteiger partial charge in [-0.25, -0.2) is 9.59 Å². The van der Waals surface area contributed by atoms with Crippen molar-refractivity contribution in [2.24, 2.45) is 10.9 Å². The van der Waals surface area contributed by atoms with Crippen LogP contribution in [-0.2, 0) is 25.6 Å². The fourth-order valence-electron chi connectivity index (χ4n) is 4.39. The zero-order chi connectivity index (χ0) is 29.9. The Labute approximate surface area is 244 Å². The van der Waals surface area contributed by atoms with Crippen LogP contribution in [0.5, 0.6) is 5.75 Å². The van der Waals surface area contributed by atoms with Crippen LogP contribution in [0.25, 0.3) is 0 Å². The fourth-order valence-corrected chi connectivity index (χ4v) is 4.59. The van der Waals surface area contributed by atoms with E-state index in [4.69, 9.17) is 21.2 Å². The molecule has 1 aliphatic rings. The Balaban J connectivity index is 1.84. The predicted molar refractivity (Wildman–Crippen MR) is 153 cm³/mol. The largest absolute Gasteiger partial charge is 0.496 e. The highest BCUT2D eigenvalue weighted by atomic mass is 35.5. The first-order valence-electron chi connectivity index (χ1n) is 13.3. The SMILES string of the molecule is CCC[C@@H](NC(=O)N1CC(NOCC)=NC[C@H](Cc2cc(Cl)ccc2OC)C1=O)c1ccc(C(=O)OC(C)=O)cc1. The Kier molecular flexibility index (Phi) is 11.7. The van der Waals surface area contributed by atoms with E-state index < -0.39 is 35.8 Å². The minimum Gasteiger partial charge on any atom is -0.496 e. The lowest BCUT2D eigenvalue weighted by Gasteiger charge is -2.27. The van der Waals surface area contributed by atoms with Crippen LogP contribution >= 0.6 is 11.6 Å². The molecule has 0 saturated heterocycles. The van der Waals surface area contributed by atoms with E-state index in [-0.39, 0.29) is 25.1 Å². The smallest absolute Gasteiger partial charge is 0.345 e. The van der Waals surface area contributed by atoms with Gasteiger partial charge in [-0.05, 0) is 61.2 Å². The summed E-state index contributed by atoms with van der Waals surface area (Å²) in [4.78, 5) is 61.5. The molecule has 3 rings (SSSR count). The van der Waals surface area contributed by atoms with Crippen molar-refractivity contribution < 1.29 is 33.5 Å². The maximum absolute atomic E-state index is 13.7. The van der Waals surface area contributed by atoms with Gasteiger partial charge >= 0.3 is 18.0 Å². The van der Waals surface area contributed by atoms with Crippen molar-refractivity contribution in [2.75, 3.05) is 26.8 Å². The lowest BCUT2D eigenvalue weighted by Crippen LogP contribution is -2.50. The van der Waals surface area contributed by atoms with E-state index in [9.17, 15) is 19.2 Å².